The lowest BCUT2D eigenvalue weighted by Gasteiger charge is -2.19. The van der Waals surface area contributed by atoms with Gasteiger partial charge < -0.3 is 21.1 Å². The number of rotatable bonds is 7. The Bertz CT molecular complexity index is 770. The van der Waals surface area contributed by atoms with Crippen LogP contribution in [0.25, 0.3) is 11.1 Å². The lowest BCUT2D eigenvalue weighted by atomic mass is 10.0. The number of hydrogen-bond donors (Lipinski definition) is 4. The molecule has 0 unspecified atom stereocenters. The summed E-state index contributed by atoms with van der Waals surface area (Å²) in [6, 6.07) is 15.0. The number of hydrogen-bond acceptors (Lipinski definition) is 4. The molecule has 0 spiro atoms. The average Bonchev–Trinajstić information content (AvgIpc) is 2.60. The van der Waals surface area contributed by atoms with Crippen LogP contribution in [0.4, 0.5) is 5.69 Å². The summed E-state index contributed by atoms with van der Waals surface area (Å²) in [6.45, 7) is -0.318. The van der Waals surface area contributed by atoms with Crippen LogP contribution in [0.5, 0.6) is 0 Å². The molecular formula is C18H20N4O3. The molecule has 130 valence electrons. The maximum atomic E-state index is 11.7. The molecule has 0 aliphatic rings. The van der Waals surface area contributed by atoms with Gasteiger partial charge in [-0.1, -0.05) is 36.4 Å². The van der Waals surface area contributed by atoms with Crippen LogP contribution < -0.4 is 16.0 Å². The Labute approximate surface area is 145 Å². The third-order valence-electron chi connectivity index (χ3n) is 3.65. The number of benzene rings is 2. The quantitative estimate of drug-likeness (QED) is 0.447. The number of nitrogens with zero attached hydrogens (tertiary/aromatic N) is 1. The number of amides is 1. The lowest BCUT2D eigenvalue weighted by molar-refractivity contribution is -0.137. The zero-order valence-corrected chi connectivity index (χ0v) is 13.8. The summed E-state index contributed by atoms with van der Waals surface area (Å²) in [6.07, 6.45) is 0. The number of aliphatic carboxylic acids is 1. The number of anilines is 1. The van der Waals surface area contributed by atoms with E-state index in [1.807, 2.05) is 36.4 Å². The third kappa shape index (κ3) is 5.07. The van der Waals surface area contributed by atoms with E-state index in [2.05, 4.69) is 5.32 Å². The predicted molar refractivity (Wildman–Crippen MR) is 96.8 cm³/mol. The van der Waals surface area contributed by atoms with E-state index in [-0.39, 0.29) is 24.8 Å². The fourth-order valence-electron chi connectivity index (χ4n) is 2.29. The van der Waals surface area contributed by atoms with Crippen LogP contribution in [0, 0.1) is 5.41 Å². The molecule has 7 heteroatoms. The molecule has 0 aliphatic heterocycles. The van der Waals surface area contributed by atoms with Gasteiger partial charge in [0.05, 0.1) is 6.54 Å². The number of amidine groups is 1. The van der Waals surface area contributed by atoms with Gasteiger partial charge in [0.2, 0.25) is 5.91 Å². The van der Waals surface area contributed by atoms with Gasteiger partial charge in [-0.25, -0.2) is 0 Å². The number of nitrogen functional groups attached to an aromatic ring is 1. The molecule has 7 nitrogen and oxygen atoms in total. The summed E-state index contributed by atoms with van der Waals surface area (Å²) in [4.78, 5) is 23.8. The molecule has 0 fully saturated rings. The maximum absolute atomic E-state index is 11.7. The van der Waals surface area contributed by atoms with Crippen molar-refractivity contribution in [1.29, 1.82) is 5.41 Å². The minimum Gasteiger partial charge on any atom is -0.480 e. The summed E-state index contributed by atoms with van der Waals surface area (Å²) in [5, 5.41) is 18.3. The van der Waals surface area contributed by atoms with Gasteiger partial charge in [-0.2, -0.15) is 0 Å². The molecule has 0 saturated carbocycles. The first kappa shape index (κ1) is 18.0. The Morgan fingerprint density at radius 1 is 1.08 bits per heavy atom. The van der Waals surface area contributed by atoms with Gasteiger partial charge >= 0.3 is 5.97 Å². The number of likely N-dealkylation sites (N-methyl/N-ethyl adjacent to an activating group) is 1. The van der Waals surface area contributed by atoms with Crippen LogP contribution in [-0.4, -0.2) is 43.0 Å². The molecule has 0 aromatic heterocycles. The molecule has 25 heavy (non-hydrogen) atoms. The lowest BCUT2D eigenvalue weighted by Crippen LogP contribution is -2.37. The summed E-state index contributed by atoms with van der Waals surface area (Å²) in [7, 11) is 1.76. The summed E-state index contributed by atoms with van der Waals surface area (Å²) >= 11 is 0. The van der Waals surface area contributed by atoms with Crippen molar-refractivity contribution in [3.63, 3.8) is 0 Å². The van der Waals surface area contributed by atoms with Crippen LogP contribution in [0.2, 0.25) is 0 Å². The molecule has 2 aromatic rings. The molecule has 1 amide bonds. The molecule has 0 saturated heterocycles. The van der Waals surface area contributed by atoms with Crippen molar-refractivity contribution in [3.8, 4) is 11.1 Å². The topological polar surface area (TPSA) is 120 Å². The van der Waals surface area contributed by atoms with E-state index in [4.69, 9.17) is 16.2 Å². The van der Waals surface area contributed by atoms with Gasteiger partial charge in [0.1, 0.15) is 12.4 Å². The fourth-order valence-corrected chi connectivity index (χ4v) is 2.29. The van der Waals surface area contributed by atoms with Crippen molar-refractivity contribution < 1.29 is 14.7 Å². The minimum absolute atomic E-state index is 0.0321. The van der Waals surface area contributed by atoms with Crippen LogP contribution in [0.15, 0.2) is 48.5 Å². The fraction of sp³-hybridized carbons (Fsp3) is 0.167. The number of carbonyl (C=O) groups is 2. The summed E-state index contributed by atoms with van der Waals surface area (Å²) in [5.74, 6) is -1.39. The van der Waals surface area contributed by atoms with Crippen molar-refractivity contribution in [1.82, 2.24) is 5.32 Å². The van der Waals surface area contributed by atoms with Crippen LogP contribution >= 0.6 is 0 Å². The molecule has 0 atom stereocenters. The van der Waals surface area contributed by atoms with Crippen molar-refractivity contribution in [3.05, 3.63) is 54.1 Å². The highest BCUT2D eigenvalue weighted by Gasteiger charge is 2.09. The first-order chi connectivity index (χ1) is 11.9. The van der Waals surface area contributed by atoms with E-state index in [1.165, 1.54) is 0 Å². The highest BCUT2D eigenvalue weighted by molar-refractivity contribution is 5.95. The van der Waals surface area contributed by atoms with E-state index in [9.17, 15) is 9.59 Å². The number of carboxylic acids is 1. The highest BCUT2D eigenvalue weighted by atomic mass is 16.4. The second kappa shape index (κ2) is 7.96. The van der Waals surface area contributed by atoms with E-state index >= 15 is 0 Å². The first-order valence-corrected chi connectivity index (χ1v) is 7.61. The van der Waals surface area contributed by atoms with Crippen molar-refractivity contribution in [2.45, 2.75) is 0 Å². The van der Waals surface area contributed by atoms with Gasteiger partial charge in [0, 0.05) is 18.3 Å². The van der Waals surface area contributed by atoms with Crippen LogP contribution in [0.1, 0.15) is 5.56 Å². The standard InChI is InChI=1S/C18H20N4O3/c1-22(11-16(23)21-10-17(24)25)15-8-6-13(7-9-15)12-2-4-14(5-3-12)18(19)20/h2-9H,10-11H2,1H3,(H3,19,20)(H,21,23)(H,24,25). The molecule has 0 aliphatic carbocycles. The SMILES string of the molecule is CN(CC(=O)NCC(=O)O)c1ccc(-c2ccc(C(=N)N)cc2)cc1. The molecule has 2 rings (SSSR count). The van der Waals surface area contributed by atoms with Gasteiger partial charge in [-0.05, 0) is 23.3 Å². The van der Waals surface area contributed by atoms with E-state index in [1.54, 1.807) is 24.1 Å². The third-order valence-corrected chi connectivity index (χ3v) is 3.65. The largest absolute Gasteiger partial charge is 0.480 e. The summed E-state index contributed by atoms with van der Waals surface area (Å²) < 4.78 is 0. The van der Waals surface area contributed by atoms with Crippen LogP contribution in [-0.2, 0) is 9.59 Å². The predicted octanol–water partition coefficient (Wildman–Crippen LogP) is 1.27. The maximum Gasteiger partial charge on any atom is 0.322 e. The van der Waals surface area contributed by atoms with Gasteiger partial charge in [-0.15, -0.1) is 0 Å². The first-order valence-electron chi connectivity index (χ1n) is 7.61. The number of carbonyl (C=O) groups excluding carboxylic acids is 1. The zero-order valence-electron chi connectivity index (χ0n) is 13.8. The Morgan fingerprint density at radius 3 is 2.08 bits per heavy atom. The molecule has 0 bridgehead atoms. The molecule has 0 radical (unpaired) electrons. The highest BCUT2D eigenvalue weighted by Crippen LogP contribution is 2.23. The Balaban J connectivity index is 2.02. The summed E-state index contributed by atoms with van der Waals surface area (Å²) in [5.41, 5.74) is 8.96. The van der Waals surface area contributed by atoms with Gasteiger partial charge in [-0.3, -0.25) is 15.0 Å². The van der Waals surface area contributed by atoms with Crippen molar-refractivity contribution >= 4 is 23.4 Å². The Morgan fingerprint density at radius 2 is 1.60 bits per heavy atom. The van der Waals surface area contributed by atoms with Gasteiger partial charge in [0.15, 0.2) is 0 Å². The van der Waals surface area contributed by atoms with Crippen LogP contribution in [0.3, 0.4) is 0 Å². The Kier molecular flexibility index (Phi) is 5.73. The van der Waals surface area contributed by atoms with Crippen molar-refractivity contribution in [2.24, 2.45) is 5.73 Å². The van der Waals surface area contributed by atoms with E-state index in [0.717, 1.165) is 16.8 Å². The normalized spacial score (nSPS) is 10.1. The number of nitrogens with two attached hydrogens (primary N) is 1. The molecular weight excluding hydrogens is 320 g/mol. The van der Waals surface area contributed by atoms with Crippen molar-refractivity contribution in [2.75, 3.05) is 25.0 Å². The zero-order chi connectivity index (χ0) is 18.4. The second-order valence-electron chi connectivity index (χ2n) is 5.56. The molecule has 2 aromatic carbocycles. The smallest absolute Gasteiger partial charge is 0.322 e. The average molecular weight is 340 g/mol. The van der Waals surface area contributed by atoms with Gasteiger partial charge in [0.25, 0.3) is 0 Å². The monoisotopic (exact) mass is 340 g/mol. The molecule has 5 N–H and O–H groups in total. The van der Waals surface area contributed by atoms with E-state index in [0.29, 0.717) is 5.56 Å². The van der Waals surface area contributed by atoms with E-state index < -0.39 is 5.97 Å². The molecule has 0 heterocycles. The number of carboxylic acid groups (broad SMARTS) is 1. The number of nitrogens with one attached hydrogen (secondary N) is 2. The Hall–Kier alpha value is -3.35. The second-order valence-corrected chi connectivity index (χ2v) is 5.56. The minimum atomic E-state index is -1.07.